The highest BCUT2D eigenvalue weighted by atomic mass is 16.5. The van der Waals surface area contributed by atoms with E-state index in [2.05, 4.69) is 90.3 Å². The molecule has 1 aliphatic heterocycles. The lowest BCUT2D eigenvalue weighted by atomic mass is 9.98. The van der Waals surface area contributed by atoms with Crippen molar-refractivity contribution in [1.29, 1.82) is 0 Å². The molecule has 4 amide bonds. The van der Waals surface area contributed by atoms with Crippen LogP contribution in [0.25, 0.3) is 44.4 Å². The van der Waals surface area contributed by atoms with Crippen LogP contribution in [0.15, 0.2) is 85.2 Å². The van der Waals surface area contributed by atoms with Gasteiger partial charge in [0.15, 0.2) is 0 Å². The monoisotopic (exact) mass is 770 g/mol. The van der Waals surface area contributed by atoms with Crippen LogP contribution in [0.5, 0.6) is 0 Å². The number of hydrogen-bond donors (Lipinski definition) is 4. The zero-order chi connectivity index (χ0) is 40.6. The molecule has 0 aliphatic carbocycles. The van der Waals surface area contributed by atoms with Crippen molar-refractivity contribution < 1.29 is 28.7 Å². The molecule has 1 fully saturated rings. The third kappa shape index (κ3) is 9.16. The van der Waals surface area contributed by atoms with Crippen LogP contribution in [0.2, 0.25) is 0 Å². The molecule has 2 aromatic heterocycles. The van der Waals surface area contributed by atoms with Gasteiger partial charge >= 0.3 is 12.2 Å². The number of hydrogen-bond acceptors (Lipinski definition) is 8. The maximum atomic E-state index is 13.5. The minimum atomic E-state index is -0.784. The molecule has 1 aliphatic rings. The number of benzene rings is 3. The van der Waals surface area contributed by atoms with E-state index in [1.807, 2.05) is 32.0 Å². The summed E-state index contributed by atoms with van der Waals surface area (Å²) in [5.74, 6) is 3.09. The normalized spacial score (nSPS) is 14.3. The van der Waals surface area contributed by atoms with Crippen molar-refractivity contribution in [2.75, 3.05) is 33.9 Å². The lowest BCUT2D eigenvalue weighted by Crippen LogP contribution is -2.51. The number of amides is 4. The van der Waals surface area contributed by atoms with Gasteiger partial charge in [-0.15, -0.1) is 12.3 Å². The molecule has 294 valence electrons. The summed E-state index contributed by atoms with van der Waals surface area (Å²) in [5.41, 5.74) is 6.40. The van der Waals surface area contributed by atoms with Crippen LogP contribution in [-0.2, 0) is 25.6 Å². The van der Waals surface area contributed by atoms with Gasteiger partial charge in [0.1, 0.15) is 30.3 Å². The molecule has 3 aromatic carbocycles. The van der Waals surface area contributed by atoms with Crippen molar-refractivity contribution in [3.63, 3.8) is 0 Å². The summed E-state index contributed by atoms with van der Waals surface area (Å²) in [6.45, 7) is 8.68. The van der Waals surface area contributed by atoms with Gasteiger partial charge in [-0.1, -0.05) is 62.9 Å². The number of alkyl carbamates (subject to hydrolysis) is 2. The minimum absolute atomic E-state index is 0.177. The molecule has 3 heterocycles. The second-order valence-electron chi connectivity index (χ2n) is 14.1. The van der Waals surface area contributed by atoms with Crippen molar-refractivity contribution in [3.8, 4) is 46.0 Å². The molecule has 14 heteroatoms. The predicted molar refractivity (Wildman–Crippen MR) is 216 cm³/mol. The van der Waals surface area contributed by atoms with E-state index in [4.69, 9.17) is 11.2 Å². The standard InChI is InChI=1S/C43H46N8O6/c1-7-8-17-50(41(53)38(26(2)3)49-43(55)57-6)25-36-44-22-34(47-36)33-15-14-30-19-29(12-13-31(30)21-33)28-10-9-11-32(20-28)35-23-45-40(48-35)39-27(4)16-18-51(39)37(52)24-46-42(54)56-5/h1,9-15,19-23,26,38-39H,4,8,16-18,24-25H2,2-3,5-6H3,(H,44,47)(H,45,48)(H,46,54)(H,49,55)/t38-,39-/m0/s1. The average Bonchev–Trinajstić information content (AvgIpc) is 4.00. The van der Waals surface area contributed by atoms with Gasteiger partial charge in [-0.05, 0) is 58.0 Å². The number of carbonyl (C=O) groups is 4. The number of aromatic amines is 2. The maximum Gasteiger partial charge on any atom is 0.407 e. The van der Waals surface area contributed by atoms with Crippen LogP contribution < -0.4 is 10.6 Å². The molecule has 0 unspecified atom stereocenters. The van der Waals surface area contributed by atoms with E-state index in [-0.39, 0.29) is 30.8 Å². The van der Waals surface area contributed by atoms with Crippen LogP contribution in [0.3, 0.4) is 0 Å². The summed E-state index contributed by atoms with van der Waals surface area (Å²) in [5, 5.41) is 7.19. The topological polar surface area (TPSA) is 175 Å². The quantitative estimate of drug-likeness (QED) is 0.0808. The Bertz CT molecular complexity index is 2340. The van der Waals surface area contributed by atoms with Crippen molar-refractivity contribution in [2.45, 2.75) is 45.3 Å². The fourth-order valence-corrected chi connectivity index (χ4v) is 6.90. The third-order valence-electron chi connectivity index (χ3n) is 9.97. The summed E-state index contributed by atoms with van der Waals surface area (Å²) >= 11 is 0. The van der Waals surface area contributed by atoms with Crippen LogP contribution in [0, 0.1) is 18.3 Å². The van der Waals surface area contributed by atoms with E-state index in [0.29, 0.717) is 37.6 Å². The molecule has 4 N–H and O–H groups in total. The van der Waals surface area contributed by atoms with E-state index in [0.717, 1.165) is 50.0 Å². The van der Waals surface area contributed by atoms with Crippen LogP contribution in [0.1, 0.15) is 44.4 Å². The highest BCUT2D eigenvalue weighted by Crippen LogP contribution is 2.36. The Kier molecular flexibility index (Phi) is 12.4. The van der Waals surface area contributed by atoms with Crippen molar-refractivity contribution in [2.24, 2.45) is 5.92 Å². The Morgan fingerprint density at radius 1 is 0.930 bits per heavy atom. The number of nitrogens with one attached hydrogen (secondary N) is 4. The molecule has 5 aromatic rings. The number of likely N-dealkylation sites (tertiary alicyclic amines) is 1. The summed E-state index contributed by atoms with van der Waals surface area (Å²) in [6.07, 6.45) is 8.68. The molecule has 6 rings (SSSR count). The molecule has 14 nitrogen and oxygen atoms in total. The molecular weight excluding hydrogens is 725 g/mol. The first kappa shape index (κ1) is 39.8. The Morgan fingerprint density at radius 3 is 2.30 bits per heavy atom. The summed E-state index contributed by atoms with van der Waals surface area (Å²) in [6, 6.07) is 19.4. The third-order valence-corrected chi connectivity index (χ3v) is 9.97. The number of carbonyl (C=O) groups excluding carboxylic acids is 4. The molecule has 0 saturated carbocycles. The predicted octanol–water partition coefficient (Wildman–Crippen LogP) is 6.21. The summed E-state index contributed by atoms with van der Waals surface area (Å²) in [7, 11) is 2.51. The Labute approximate surface area is 331 Å². The molecule has 0 spiro atoms. The van der Waals surface area contributed by atoms with Gasteiger partial charge in [-0.3, -0.25) is 9.59 Å². The number of terminal acetylenes is 1. The zero-order valence-corrected chi connectivity index (χ0v) is 32.4. The van der Waals surface area contributed by atoms with E-state index in [1.165, 1.54) is 14.2 Å². The van der Waals surface area contributed by atoms with E-state index in [1.54, 1.807) is 22.2 Å². The first-order valence-electron chi connectivity index (χ1n) is 18.6. The fraction of sp³-hybridized carbons (Fsp3) is 0.302. The van der Waals surface area contributed by atoms with Gasteiger partial charge in [-0.25, -0.2) is 19.6 Å². The molecule has 0 bridgehead atoms. The second kappa shape index (κ2) is 17.7. The average molecular weight is 771 g/mol. The lowest BCUT2D eigenvalue weighted by molar-refractivity contribution is -0.135. The van der Waals surface area contributed by atoms with Gasteiger partial charge in [0.05, 0.1) is 44.5 Å². The van der Waals surface area contributed by atoms with Crippen molar-refractivity contribution >= 4 is 34.8 Å². The highest BCUT2D eigenvalue weighted by Gasteiger charge is 2.35. The van der Waals surface area contributed by atoms with Gasteiger partial charge in [-0.2, -0.15) is 0 Å². The van der Waals surface area contributed by atoms with Crippen molar-refractivity contribution in [3.05, 3.63) is 96.9 Å². The Morgan fingerprint density at radius 2 is 1.58 bits per heavy atom. The number of ether oxygens (including phenoxy) is 2. The van der Waals surface area contributed by atoms with Gasteiger partial charge in [0, 0.05) is 30.6 Å². The number of rotatable bonds is 13. The van der Waals surface area contributed by atoms with Crippen LogP contribution in [0.4, 0.5) is 9.59 Å². The Hall–Kier alpha value is -6.88. The summed E-state index contributed by atoms with van der Waals surface area (Å²) in [4.78, 5) is 69.2. The Balaban J connectivity index is 1.16. The van der Waals surface area contributed by atoms with Gasteiger partial charge < -0.3 is 39.9 Å². The molecule has 1 saturated heterocycles. The fourth-order valence-electron chi connectivity index (χ4n) is 6.90. The van der Waals surface area contributed by atoms with E-state index >= 15 is 0 Å². The van der Waals surface area contributed by atoms with E-state index in [9.17, 15) is 19.2 Å². The van der Waals surface area contributed by atoms with Crippen LogP contribution in [-0.4, -0.2) is 93.6 Å². The number of aromatic nitrogens is 4. The number of fused-ring (bicyclic) bond motifs is 1. The largest absolute Gasteiger partial charge is 0.453 e. The first-order valence-corrected chi connectivity index (χ1v) is 18.6. The summed E-state index contributed by atoms with van der Waals surface area (Å²) < 4.78 is 9.33. The molecule has 57 heavy (non-hydrogen) atoms. The second-order valence-corrected chi connectivity index (χ2v) is 14.1. The van der Waals surface area contributed by atoms with Crippen LogP contribution >= 0.6 is 0 Å². The number of H-pyrrole nitrogens is 2. The SMILES string of the molecule is C#CCCN(Cc1ncc(-c2ccc3cc(-c4cccc(-c5cnc([C@@H]6C(=C)CCN6C(=O)CNC(=O)OC)[nH]5)c4)ccc3c2)[nH]1)C(=O)[C@@H](NC(=O)OC)C(C)C. The maximum absolute atomic E-state index is 13.5. The molecule has 0 radical (unpaired) electrons. The highest BCUT2D eigenvalue weighted by molar-refractivity contribution is 5.91. The van der Waals surface area contributed by atoms with Gasteiger partial charge in [0.25, 0.3) is 0 Å². The number of methoxy groups -OCH3 is 2. The first-order chi connectivity index (χ1) is 27.5. The van der Waals surface area contributed by atoms with Gasteiger partial charge in [0.2, 0.25) is 11.8 Å². The van der Waals surface area contributed by atoms with E-state index < -0.39 is 24.3 Å². The number of imidazole rings is 2. The molecule has 2 atom stereocenters. The minimum Gasteiger partial charge on any atom is -0.453 e. The zero-order valence-electron chi connectivity index (χ0n) is 32.4. The van der Waals surface area contributed by atoms with Crippen molar-refractivity contribution in [1.82, 2.24) is 40.4 Å². The molecular formula is C43H46N8O6. The number of nitrogens with zero attached hydrogens (tertiary/aromatic N) is 4. The lowest BCUT2D eigenvalue weighted by Gasteiger charge is -2.28. The smallest absolute Gasteiger partial charge is 0.407 e.